The third-order valence-corrected chi connectivity index (χ3v) is 2.56. The van der Waals surface area contributed by atoms with E-state index >= 15 is 0 Å². The van der Waals surface area contributed by atoms with Crippen molar-refractivity contribution in [2.45, 2.75) is 72.1 Å². The summed E-state index contributed by atoms with van der Waals surface area (Å²) in [5, 5.41) is 10.1. The molecule has 0 aromatic carbocycles. The van der Waals surface area contributed by atoms with Crippen LogP contribution in [0.4, 0.5) is 0 Å². The maximum Gasteiger partial charge on any atom is 1.00 e. The van der Waals surface area contributed by atoms with E-state index < -0.39 is 5.97 Å². The van der Waals surface area contributed by atoms with Gasteiger partial charge < -0.3 is 9.90 Å². The molecule has 0 heterocycles. The molecule has 0 radical (unpaired) electrons. The Hall–Kier alpha value is 0.470. The first-order valence-corrected chi connectivity index (χ1v) is 6.12. The van der Waals surface area contributed by atoms with E-state index in [2.05, 4.69) is 20.8 Å². The third-order valence-electron chi connectivity index (χ3n) is 2.56. The maximum absolute atomic E-state index is 10.1. The zero-order valence-electron chi connectivity index (χ0n) is 11.5. The van der Waals surface area contributed by atoms with Crippen LogP contribution in [0.3, 0.4) is 0 Å². The largest absolute Gasteiger partial charge is 1.00 e. The fourth-order valence-electron chi connectivity index (χ4n) is 1.63. The van der Waals surface area contributed by atoms with E-state index in [0.29, 0.717) is 5.41 Å². The van der Waals surface area contributed by atoms with E-state index in [1.165, 1.54) is 25.7 Å². The quantitative estimate of drug-likeness (QED) is 0.436. The molecule has 0 saturated carbocycles. The second-order valence-corrected chi connectivity index (χ2v) is 5.55. The first kappa shape index (κ1) is 18.8. The normalized spacial score (nSPS) is 10.9. The summed E-state index contributed by atoms with van der Waals surface area (Å²) in [6.07, 6.45) is 8.30. The molecule has 2 nitrogen and oxygen atoms in total. The molecule has 0 aromatic rings. The van der Waals surface area contributed by atoms with E-state index in [1.54, 1.807) is 0 Å². The first-order valence-electron chi connectivity index (χ1n) is 6.12. The van der Waals surface area contributed by atoms with Crippen LogP contribution in [0.15, 0.2) is 0 Å². The van der Waals surface area contributed by atoms with Crippen LogP contribution >= 0.6 is 0 Å². The second-order valence-electron chi connectivity index (χ2n) is 5.55. The number of hydrogen-bond acceptors (Lipinski definition) is 2. The summed E-state index contributed by atoms with van der Waals surface area (Å²) in [4.78, 5) is 10.1. The summed E-state index contributed by atoms with van der Waals surface area (Å²) in [5.41, 5.74) is 0.453. The van der Waals surface area contributed by atoms with Crippen LogP contribution in [-0.2, 0) is 4.79 Å². The van der Waals surface area contributed by atoms with Crippen molar-refractivity contribution >= 4 is 5.97 Å². The number of carboxylic acids is 1. The molecule has 0 spiro atoms. The van der Waals surface area contributed by atoms with Gasteiger partial charge in [0, 0.05) is 5.97 Å². The molecular weight excluding hydrogens is 211 g/mol. The molecule has 0 aliphatic heterocycles. The van der Waals surface area contributed by atoms with Gasteiger partial charge in [0.15, 0.2) is 0 Å². The van der Waals surface area contributed by atoms with Crippen LogP contribution in [0.1, 0.15) is 72.1 Å². The molecule has 0 fully saturated rings. The molecule has 16 heavy (non-hydrogen) atoms. The fraction of sp³-hybridized carbons (Fsp3) is 0.923. The molecule has 0 amide bonds. The monoisotopic (exact) mass is 236 g/mol. The van der Waals surface area contributed by atoms with E-state index in [0.717, 1.165) is 19.3 Å². The molecule has 0 aliphatic rings. The summed E-state index contributed by atoms with van der Waals surface area (Å²) in [7, 11) is 0. The van der Waals surface area contributed by atoms with Gasteiger partial charge in [0.2, 0.25) is 0 Å². The summed E-state index contributed by atoms with van der Waals surface area (Å²) in [6, 6.07) is 0. The van der Waals surface area contributed by atoms with Crippen LogP contribution in [-0.4, -0.2) is 5.97 Å². The number of unbranched alkanes of at least 4 members (excludes halogenated alkanes) is 5. The molecule has 0 N–H and O–H groups in total. The fourth-order valence-corrected chi connectivity index (χ4v) is 1.63. The van der Waals surface area contributed by atoms with Crippen LogP contribution in [0, 0.1) is 5.41 Å². The van der Waals surface area contributed by atoms with Gasteiger partial charge in [-0.2, -0.15) is 0 Å². The van der Waals surface area contributed by atoms with Crippen molar-refractivity contribution in [2.75, 3.05) is 0 Å². The zero-order valence-corrected chi connectivity index (χ0v) is 13.5. The topological polar surface area (TPSA) is 40.1 Å². The van der Waals surface area contributed by atoms with Gasteiger partial charge in [-0.1, -0.05) is 52.9 Å². The Morgan fingerprint density at radius 1 is 0.938 bits per heavy atom. The van der Waals surface area contributed by atoms with E-state index in [9.17, 15) is 9.90 Å². The molecule has 0 aliphatic carbocycles. The number of rotatable bonds is 8. The minimum atomic E-state index is -0.914. The van der Waals surface area contributed by atoms with Gasteiger partial charge in [0.25, 0.3) is 0 Å². The average molecular weight is 236 g/mol. The van der Waals surface area contributed by atoms with Crippen LogP contribution in [0.5, 0.6) is 0 Å². The Morgan fingerprint density at radius 2 is 1.38 bits per heavy atom. The molecule has 0 rings (SSSR count). The van der Waals surface area contributed by atoms with Gasteiger partial charge in [0.05, 0.1) is 0 Å². The zero-order chi connectivity index (χ0) is 11.7. The van der Waals surface area contributed by atoms with Crippen molar-refractivity contribution in [1.29, 1.82) is 0 Å². The number of aliphatic carboxylic acids is 1. The molecule has 0 bridgehead atoms. The van der Waals surface area contributed by atoms with Gasteiger partial charge in [-0.05, 0) is 24.7 Å². The minimum absolute atomic E-state index is 0. The van der Waals surface area contributed by atoms with Crippen molar-refractivity contribution in [1.82, 2.24) is 0 Å². The second kappa shape index (κ2) is 10.6. The van der Waals surface area contributed by atoms with Gasteiger partial charge in [-0.3, -0.25) is 0 Å². The summed E-state index contributed by atoms with van der Waals surface area (Å²) in [6.45, 7) is 6.81. The molecule has 0 unspecified atom stereocenters. The molecule has 90 valence electrons. The Balaban J connectivity index is 0. The van der Waals surface area contributed by atoms with Gasteiger partial charge >= 0.3 is 29.6 Å². The van der Waals surface area contributed by atoms with Crippen molar-refractivity contribution in [3.63, 3.8) is 0 Å². The first-order chi connectivity index (χ1) is 6.92. The SMILES string of the molecule is CC(C)(C)CCCCCCCCC(=O)[O-].[Na+]. The van der Waals surface area contributed by atoms with Gasteiger partial charge in [0.1, 0.15) is 0 Å². The molecule has 0 saturated heterocycles. The Bertz CT molecular complexity index is 173. The number of hydrogen-bond donors (Lipinski definition) is 0. The average Bonchev–Trinajstić information content (AvgIpc) is 2.07. The third kappa shape index (κ3) is 16.9. The van der Waals surface area contributed by atoms with Crippen LogP contribution < -0.4 is 34.7 Å². The summed E-state index contributed by atoms with van der Waals surface area (Å²) < 4.78 is 0. The minimum Gasteiger partial charge on any atom is -0.550 e. The maximum atomic E-state index is 10.1. The molecule has 0 atom stereocenters. The van der Waals surface area contributed by atoms with Gasteiger partial charge in [-0.25, -0.2) is 0 Å². The Morgan fingerprint density at radius 3 is 1.81 bits per heavy atom. The van der Waals surface area contributed by atoms with E-state index in [1.807, 2.05) is 0 Å². The smallest absolute Gasteiger partial charge is 0.550 e. The number of carboxylic acid groups (broad SMARTS) is 1. The Kier molecular flexibility index (Phi) is 12.5. The molecule has 3 heteroatoms. The van der Waals surface area contributed by atoms with E-state index in [4.69, 9.17) is 0 Å². The predicted molar refractivity (Wildman–Crippen MR) is 61.4 cm³/mol. The van der Waals surface area contributed by atoms with Crippen LogP contribution in [0.25, 0.3) is 0 Å². The predicted octanol–water partition coefficient (Wildman–Crippen LogP) is -0.0928. The van der Waals surface area contributed by atoms with Crippen molar-refractivity contribution in [3.8, 4) is 0 Å². The van der Waals surface area contributed by atoms with Crippen LogP contribution in [0.2, 0.25) is 0 Å². The van der Waals surface area contributed by atoms with E-state index in [-0.39, 0.29) is 36.0 Å². The van der Waals surface area contributed by atoms with Crippen molar-refractivity contribution < 1.29 is 39.5 Å². The summed E-state index contributed by atoms with van der Waals surface area (Å²) in [5.74, 6) is -0.914. The van der Waals surface area contributed by atoms with Crippen molar-refractivity contribution in [2.24, 2.45) is 5.41 Å². The van der Waals surface area contributed by atoms with Crippen molar-refractivity contribution in [3.05, 3.63) is 0 Å². The Labute approximate surface area is 122 Å². The van der Waals surface area contributed by atoms with Gasteiger partial charge in [-0.15, -0.1) is 0 Å². The number of carbonyl (C=O) groups excluding carboxylic acids is 1. The standard InChI is InChI=1S/C13H26O2.Na/c1-13(2,3)11-9-7-5-4-6-8-10-12(14)15;/h4-11H2,1-3H3,(H,14,15);/q;+1/p-1. The summed E-state index contributed by atoms with van der Waals surface area (Å²) >= 11 is 0. The molecule has 0 aromatic heterocycles. The number of carbonyl (C=O) groups is 1. The molecular formula is C13H25NaO2.